The van der Waals surface area contributed by atoms with Gasteiger partial charge in [-0.1, -0.05) is 0 Å². The Kier molecular flexibility index (Phi) is 4.91. The summed E-state index contributed by atoms with van der Waals surface area (Å²) in [6.45, 7) is 2.59. The van der Waals surface area contributed by atoms with Crippen molar-refractivity contribution in [2.24, 2.45) is 0 Å². The number of hydrogen-bond donors (Lipinski definition) is 0. The molecule has 0 spiro atoms. The van der Waals surface area contributed by atoms with Crippen molar-refractivity contribution in [3.05, 3.63) is 23.5 Å². The van der Waals surface area contributed by atoms with Gasteiger partial charge in [0.25, 0.3) is 5.91 Å². The summed E-state index contributed by atoms with van der Waals surface area (Å²) in [6, 6.07) is 2.83. The molecular weight excluding hydrogens is 315 g/mol. The summed E-state index contributed by atoms with van der Waals surface area (Å²) in [6.07, 6.45) is 0.874. The van der Waals surface area contributed by atoms with Crippen LogP contribution in [0.3, 0.4) is 0 Å². The van der Waals surface area contributed by atoms with Crippen LogP contribution in [0.1, 0.15) is 16.8 Å². The molecule has 6 nitrogen and oxygen atoms in total. The number of carbonyl (C=O) groups is 1. The van der Waals surface area contributed by atoms with Crippen molar-refractivity contribution in [1.29, 1.82) is 0 Å². The molecule has 2 heterocycles. The van der Waals surface area contributed by atoms with E-state index in [0.717, 1.165) is 13.0 Å². The van der Waals surface area contributed by atoms with Gasteiger partial charge in [0.2, 0.25) is 0 Å². The number of piperidine rings is 1. The lowest BCUT2D eigenvalue weighted by Gasteiger charge is -2.45. The van der Waals surface area contributed by atoms with Crippen molar-refractivity contribution in [1.82, 2.24) is 9.80 Å². The minimum absolute atomic E-state index is 0.0744. The van der Waals surface area contributed by atoms with Crippen LogP contribution in [0, 0.1) is 5.82 Å². The maximum absolute atomic E-state index is 14.4. The molecule has 0 bridgehead atoms. The number of rotatable bonds is 3. The molecule has 0 aromatic heterocycles. The Bertz CT molecular complexity index is 625. The van der Waals surface area contributed by atoms with Gasteiger partial charge in [0.05, 0.1) is 33.0 Å². The molecule has 0 unspecified atom stereocenters. The summed E-state index contributed by atoms with van der Waals surface area (Å²) in [5.74, 6) is -0.498. The van der Waals surface area contributed by atoms with E-state index in [2.05, 4.69) is 4.90 Å². The highest BCUT2D eigenvalue weighted by atomic mass is 19.1. The Morgan fingerprint density at radius 3 is 2.79 bits per heavy atom. The van der Waals surface area contributed by atoms with Crippen LogP contribution in [0.5, 0.6) is 11.5 Å². The van der Waals surface area contributed by atoms with E-state index in [0.29, 0.717) is 25.4 Å². The average molecular weight is 338 g/mol. The van der Waals surface area contributed by atoms with Crippen LogP contribution in [-0.4, -0.2) is 75.4 Å². The first-order valence-corrected chi connectivity index (χ1v) is 8.08. The summed E-state index contributed by atoms with van der Waals surface area (Å²) >= 11 is 0. The summed E-state index contributed by atoms with van der Waals surface area (Å²) in [4.78, 5) is 16.8. The zero-order valence-corrected chi connectivity index (χ0v) is 14.3. The van der Waals surface area contributed by atoms with Gasteiger partial charge in [0.1, 0.15) is 11.4 Å². The van der Waals surface area contributed by atoms with Crippen LogP contribution in [0.25, 0.3) is 0 Å². The number of morpholine rings is 1. The number of hydrogen-bond acceptors (Lipinski definition) is 5. The van der Waals surface area contributed by atoms with Gasteiger partial charge in [-0.05, 0) is 25.6 Å². The lowest BCUT2D eigenvalue weighted by molar-refractivity contribution is -0.0894. The van der Waals surface area contributed by atoms with Gasteiger partial charge in [-0.3, -0.25) is 9.69 Å². The molecule has 1 aromatic rings. The normalized spacial score (nSPS) is 24.4. The average Bonchev–Trinajstić information content (AvgIpc) is 2.61. The van der Waals surface area contributed by atoms with Crippen LogP contribution in [0.2, 0.25) is 0 Å². The number of halogens is 1. The number of likely N-dealkylation sites (N-methyl/N-ethyl adjacent to an activating group) is 1. The minimum Gasteiger partial charge on any atom is -0.493 e. The van der Waals surface area contributed by atoms with Crippen LogP contribution in [-0.2, 0) is 4.74 Å². The Hall–Kier alpha value is -1.86. The number of ether oxygens (including phenoxy) is 3. The fraction of sp³-hybridized carbons (Fsp3) is 0.588. The van der Waals surface area contributed by atoms with Crippen molar-refractivity contribution in [3.63, 3.8) is 0 Å². The molecule has 7 heteroatoms. The summed E-state index contributed by atoms with van der Waals surface area (Å²) in [5, 5.41) is 0. The number of amides is 1. The quantitative estimate of drug-likeness (QED) is 0.834. The molecule has 24 heavy (non-hydrogen) atoms. The van der Waals surface area contributed by atoms with Crippen molar-refractivity contribution in [3.8, 4) is 11.5 Å². The molecule has 2 aliphatic heterocycles. The van der Waals surface area contributed by atoms with E-state index in [1.54, 1.807) is 4.90 Å². The maximum Gasteiger partial charge on any atom is 0.260 e. The molecule has 2 fully saturated rings. The topological polar surface area (TPSA) is 51.2 Å². The Morgan fingerprint density at radius 2 is 2.08 bits per heavy atom. The van der Waals surface area contributed by atoms with E-state index in [1.807, 2.05) is 7.05 Å². The predicted molar refractivity (Wildman–Crippen MR) is 86.2 cm³/mol. The second-order valence-electron chi connectivity index (χ2n) is 6.15. The molecular formula is C17H23FN2O4. The number of likely N-dealkylation sites (tertiary alicyclic amines) is 1. The maximum atomic E-state index is 14.4. The van der Waals surface area contributed by atoms with Crippen LogP contribution in [0.4, 0.5) is 4.39 Å². The molecule has 2 aliphatic rings. The van der Waals surface area contributed by atoms with Crippen LogP contribution in [0.15, 0.2) is 12.1 Å². The number of nitrogens with zero attached hydrogens (tertiary/aromatic N) is 2. The second kappa shape index (κ2) is 6.94. The molecule has 0 N–H and O–H groups in total. The Balaban J connectivity index is 1.87. The number of methoxy groups -OCH3 is 2. The first-order valence-electron chi connectivity index (χ1n) is 8.08. The lowest BCUT2D eigenvalue weighted by Crippen LogP contribution is -2.59. The smallest absolute Gasteiger partial charge is 0.260 e. The summed E-state index contributed by atoms with van der Waals surface area (Å²) in [5.41, 5.74) is -0.0744. The molecule has 2 saturated heterocycles. The van der Waals surface area contributed by atoms with Gasteiger partial charge in [-0.2, -0.15) is 0 Å². The first kappa shape index (κ1) is 17.0. The van der Waals surface area contributed by atoms with E-state index in [1.165, 1.54) is 26.4 Å². The number of carbonyl (C=O) groups excluding carboxylic acids is 1. The largest absolute Gasteiger partial charge is 0.493 e. The van der Waals surface area contributed by atoms with Gasteiger partial charge in [-0.25, -0.2) is 4.39 Å². The summed E-state index contributed by atoms with van der Waals surface area (Å²) in [7, 11) is 4.90. The second-order valence-corrected chi connectivity index (χ2v) is 6.15. The van der Waals surface area contributed by atoms with Gasteiger partial charge in [-0.15, -0.1) is 0 Å². The van der Waals surface area contributed by atoms with Gasteiger partial charge < -0.3 is 19.1 Å². The van der Waals surface area contributed by atoms with E-state index < -0.39 is 5.82 Å². The molecule has 132 valence electrons. The number of benzene rings is 1. The van der Waals surface area contributed by atoms with E-state index in [4.69, 9.17) is 14.2 Å². The zero-order valence-electron chi connectivity index (χ0n) is 14.3. The predicted octanol–water partition coefficient (Wildman–Crippen LogP) is 1.39. The highest BCUT2D eigenvalue weighted by molar-refractivity contribution is 5.98. The minimum atomic E-state index is -0.604. The van der Waals surface area contributed by atoms with Crippen LogP contribution >= 0.6 is 0 Å². The van der Waals surface area contributed by atoms with Gasteiger partial charge in [0, 0.05) is 19.6 Å². The fourth-order valence-corrected chi connectivity index (χ4v) is 3.49. The molecule has 3 rings (SSSR count). The molecule has 0 aliphatic carbocycles. The summed E-state index contributed by atoms with van der Waals surface area (Å²) < 4.78 is 30.6. The van der Waals surface area contributed by atoms with Crippen LogP contribution < -0.4 is 9.47 Å². The zero-order chi connectivity index (χ0) is 17.3. The third-order valence-corrected chi connectivity index (χ3v) is 4.86. The van der Waals surface area contributed by atoms with E-state index >= 15 is 0 Å². The molecule has 1 aromatic carbocycles. The molecule has 1 amide bonds. The van der Waals surface area contributed by atoms with Crippen molar-refractivity contribution in [2.75, 3.05) is 47.5 Å². The monoisotopic (exact) mass is 338 g/mol. The number of fused-ring (bicyclic) bond motifs is 1. The third kappa shape index (κ3) is 2.93. The van der Waals surface area contributed by atoms with Crippen molar-refractivity contribution >= 4 is 5.91 Å². The highest BCUT2D eigenvalue weighted by Crippen LogP contribution is 2.34. The van der Waals surface area contributed by atoms with Gasteiger partial charge >= 0.3 is 0 Å². The first-order chi connectivity index (χ1) is 11.6. The molecule has 0 radical (unpaired) electrons. The lowest BCUT2D eigenvalue weighted by atomic mass is 9.98. The fourth-order valence-electron chi connectivity index (χ4n) is 3.49. The molecule has 2 atom stereocenters. The van der Waals surface area contributed by atoms with E-state index in [9.17, 15) is 9.18 Å². The third-order valence-electron chi connectivity index (χ3n) is 4.86. The Labute approximate surface area is 141 Å². The van der Waals surface area contributed by atoms with Gasteiger partial charge in [0.15, 0.2) is 11.5 Å². The van der Waals surface area contributed by atoms with Crippen molar-refractivity contribution < 1.29 is 23.4 Å². The SMILES string of the molecule is COc1ccc(F)c(C(=O)N2CC[C@@H]3OCCN(C)[C@@H]3C2)c1OC. The Morgan fingerprint density at radius 1 is 1.29 bits per heavy atom. The molecule has 0 saturated carbocycles. The highest BCUT2D eigenvalue weighted by Gasteiger charge is 2.38. The van der Waals surface area contributed by atoms with Crippen molar-refractivity contribution in [2.45, 2.75) is 18.6 Å². The van der Waals surface area contributed by atoms with E-state index in [-0.39, 0.29) is 29.4 Å². The standard InChI is InChI=1S/C17H23FN2O4/c1-19-8-9-24-13-6-7-20(10-12(13)19)17(21)15-11(18)4-5-14(22-2)16(15)23-3/h4-5,12-13H,6-10H2,1-3H3/t12-,13+/m1/s1.